The number of nitrogens with zero attached hydrogens (tertiary/aromatic N) is 2. The van der Waals surface area contributed by atoms with Crippen LogP contribution in [0.4, 0.5) is 5.69 Å². The number of nitrogens with one attached hydrogen (secondary N) is 2. The maximum absolute atomic E-state index is 12.1. The lowest BCUT2D eigenvalue weighted by atomic mass is 10.3. The predicted molar refractivity (Wildman–Crippen MR) is 63.0 cm³/mol. The molecule has 1 aliphatic heterocycles. The van der Waals surface area contributed by atoms with Gasteiger partial charge in [-0.1, -0.05) is 0 Å². The third-order valence-corrected chi connectivity index (χ3v) is 4.18. The summed E-state index contributed by atoms with van der Waals surface area (Å²) in [6.07, 6.45) is 0. The van der Waals surface area contributed by atoms with E-state index in [9.17, 15) is 8.42 Å². The fourth-order valence-electron chi connectivity index (χ4n) is 1.68. The van der Waals surface area contributed by atoms with E-state index in [2.05, 4.69) is 14.9 Å². The number of hydrogen-bond donors (Lipinski definition) is 2. The predicted octanol–water partition coefficient (Wildman–Crippen LogP) is 0.0154. The molecule has 0 amide bonds. The molecule has 7 nitrogen and oxygen atoms in total. The molecule has 1 aliphatic rings. The molecule has 2 heterocycles. The Bertz CT molecular complexity index is 471. The highest BCUT2D eigenvalue weighted by Gasteiger charge is 2.25. The number of aromatic nitrogens is 2. The van der Waals surface area contributed by atoms with Crippen molar-refractivity contribution < 1.29 is 13.2 Å². The van der Waals surface area contributed by atoms with Crippen LogP contribution >= 0.6 is 0 Å². The summed E-state index contributed by atoms with van der Waals surface area (Å²) >= 11 is 0. The average Bonchev–Trinajstić information content (AvgIpc) is 2.62. The van der Waals surface area contributed by atoms with Gasteiger partial charge in [0.25, 0.3) is 0 Å². The summed E-state index contributed by atoms with van der Waals surface area (Å²) < 4.78 is 33.2. The van der Waals surface area contributed by atoms with Crippen molar-refractivity contribution in [1.82, 2.24) is 14.5 Å². The smallest absolute Gasteiger partial charge is 0.301 e. The van der Waals surface area contributed by atoms with Gasteiger partial charge < -0.3 is 4.74 Å². The van der Waals surface area contributed by atoms with Crippen molar-refractivity contribution >= 4 is 15.9 Å². The molecule has 17 heavy (non-hydrogen) atoms. The molecule has 0 bridgehead atoms. The minimum absolute atomic E-state index is 0.380. The molecule has 0 spiro atoms. The van der Waals surface area contributed by atoms with Crippen LogP contribution in [-0.2, 0) is 14.9 Å². The van der Waals surface area contributed by atoms with Crippen molar-refractivity contribution in [2.45, 2.75) is 13.8 Å². The highest BCUT2D eigenvalue weighted by atomic mass is 32.2. The molecule has 2 N–H and O–H groups in total. The Morgan fingerprint density at radius 1 is 1.35 bits per heavy atom. The number of aromatic amines is 1. The maximum atomic E-state index is 12.1. The molecule has 2 rings (SSSR count). The van der Waals surface area contributed by atoms with Gasteiger partial charge in [0, 0.05) is 13.1 Å². The summed E-state index contributed by atoms with van der Waals surface area (Å²) in [5, 5.41) is 6.69. The van der Waals surface area contributed by atoms with E-state index in [1.54, 1.807) is 13.8 Å². The molecule has 0 unspecified atom stereocenters. The van der Waals surface area contributed by atoms with Crippen LogP contribution in [0.2, 0.25) is 0 Å². The average molecular weight is 260 g/mol. The number of anilines is 1. The van der Waals surface area contributed by atoms with Gasteiger partial charge in [0.2, 0.25) is 0 Å². The Kier molecular flexibility index (Phi) is 3.36. The first-order valence-corrected chi connectivity index (χ1v) is 6.82. The molecule has 96 valence electrons. The van der Waals surface area contributed by atoms with E-state index in [0.29, 0.717) is 43.4 Å². The highest BCUT2D eigenvalue weighted by molar-refractivity contribution is 7.90. The van der Waals surface area contributed by atoms with Gasteiger partial charge in [0.1, 0.15) is 0 Å². The summed E-state index contributed by atoms with van der Waals surface area (Å²) in [6.45, 7) is 5.16. The fourth-order valence-corrected chi connectivity index (χ4v) is 3.00. The summed E-state index contributed by atoms with van der Waals surface area (Å²) in [5.74, 6) is 0. The molecule has 1 aromatic rings. The van der Waals surface area contributed by atoms with Gasteiger partial charge in [-0.25, -0.2) is 0 Å². The van der Waals surface area contributed by atoms with Crippen LogP contribution in [-0.4, -0.2) is 49.2 Å². The first-order valence-electron chi connectivity index (χ1n) is 5.38. The van der Waals surface area contributed by atoms with Crippen LogP contribution in [0.1, 0.15) is 11.4 Å². The van der Waals surface area contributed by atoms with E-state index in [4.69, 9.17) is 4.74 Å². The lowest BCUT2D eigenvalue weighted by Crippen LogP contribution is -2.43. The van der Waals surface area contributed by atoms with Crippen LogP contribution in [0.5, 0.6) is 0 Å². The van der Waals surface area contributed by atoms with Crippen LogP contribution in [0.15, 0.2) is 0 Å². The SMILES string of the molecule is Cc1n[nH]c(C)c1NS(=O)(=O)N1CCOCC1. The number of aryl methyl sites for hydroxylation is 2. The third-order valence-electron chi connectivity index (χ3n) is 2.67. The van der Waals surface area contributed by atoms with Crippen molar-refractivity contribution in [3.05, 3.63) is 11.4 Å². The molecule has 0 aliphatic carbocycles. The highest BCUT2D eigenvalue weighted by Crippen LogP contribution is 2.19. The van der Waals surface area contributed by atoms with Gasteiger partial charge >= 0.3 is 10.2 Å². The molecule has 1 aromatic heterocycles. The van der Waals surface area contributed by atoms with Gasteiger partial charge in [0.15, 0.2) is 0 Å². The second-order valence-corrected chi connectivity index (χ2v) is 5.60. The second kappa shape index (κ2) is 4.63. The molecule has 1 fully saturated rings. The van der Waals surface area contributed by atoms with Crippen molar-refractivity contribution in [2.24, 2.45) is 0 Å². The zero-order chi connectivity index (χ0) is 12.5. The maximum Gasteiger partial charge on any atom is 0.301 e. The van der Waals surface area contributed by atoms with Crippen molar-refractivity contribution in [3.8, 4) is 0 Å². The number of ether oxygens (including phenoxy) is 1. The minimum Gasteiger partial charge on any atom is -0.379 e. The quantitative estimate of drug-likeness (QED) is 0.801. The van der Waals surface area contributed by atoms with Crippen molar-refractivity contribution in [3.63, 3.8) is 0 Å². The third kappa shape index (κ3) is 2.59. The molecule has 1 saturated heterocycles. The van der Waals surface area contributed by atoms with E-state index >= 15 is 0 Å². The molecule has 0 aromatic carbocycles. The first kappa shape index (κ1) is 12.3. The van der Waals surface area contributed by atoms with Gasteiger partial charge in [0.05, 0.1) is 30.3 Å². The monoisotopic (exact) mass is 260 g/mol. The second-order valence-electron chi connectivity index (χ2n) is 3.93. The molecular weight excluding hydrogens is 244 g/mol. The fraction of sp³-hybridized carbons (Fsp3) is 0.667. The van der Waals surface area contributed by atoms with Crippen LogP contribution in [0.3, 0.4) is 0 Å². The Hall–Kier alpha value is -1.12. The van der Waals surface area contributed by atoms with Crippen LogP contribution < -0.4 is 4.72 Å². The topological polar surface area (TPSA) is 87.3 Å². The van der Waals surface area contributed by atoms with Crippen LogP contribution in [0.25, 0.3) is 0 Å². The van der Waals surface area contributed by atoms with Gasteiger partial charge in [-0.2, -0.15) is 17.8 Å². The van der Waals surface area contributed by atoms with Gasteiger partial charge in [-0.3, -0.25) is 9.82 Å². The molecule has 8 heteroatoms. The first-order chi connectivity index (χ1) is 8.00. The zero-order valence-corrected chi connectivity index (χ0v) is 10.7. The number of hydrogen-bond acceptors (Lipinski definition) is 4. The lowest BCUT2D eigenvalue weighted by Gasteiger charge is -2.26. The van der Waals surface area contributed by atoms with E-state index in [1.807, 2.05) is 0 Å². The minimum atomic E-state index is -3.51. The summed E-state index contributed by atoms with van der Waals surface area (Å²) in [7, 11) is -3.51. The number of morpholine rings is 1. The van der Waals surface area contributed by atoms with Gasteiger partial charge in [-0.15, -0.1) is 0 Å². The molecule has 0 atom stereocenters. The lowest BCUT2D eigenvalue weighted by molar-refractivity contribution is 0.0733. The number of H-pyrrole nitrogens is 1. The Labute approximate surface area is 100 Å². The van der Waals surface area contributed by atoms with Crippen LogP contribution in [0, 0.1) is 13.8 Å². The Morgan fingerprint density at radius 3 is 2.53 bits per heavy atom. The summed E-state index contributed by atoms with van der Waals surface area (Å²) in [5.41, 5.74) is 1.87. The van der Waals surface area contributed by atoms with E-state index < -0.39 is 10.2 Å². The van der Waals surface area contributed by atoms with Crippen molar-refractivity contribution in [2.75, 3.05) is 31.0 Å². The van der Waals surface area contributed by atoms with Gasteiger partial charge in [-0.05, 0) is 13.8 Å². The van der Waals surface area contributed by atoms with E-state index in [1.165, 1.54) is 4.31 Å². The molecular formula is C9H16N4O3S. The number of rotatable bonds is 3. The van der Waals surface area contributed by atoms with E-state index in [0.717, 1.165) is 0 Å². The molecule has 0 saturated carbocycles. The zero-order valence-electron chi connectivity index (χ0n) is 9.86. The van der Waals surface area contributed by atoms with Crippen molar-refractivity contribution in [1.29, 1.82) is 0 Å². The summed E-state index contributed by atoms with van der Waals surface area (Å²) in [6, 6.07) is 0. The standard InChI is InChI=1S/C9H16N4O3S/c1-7-9(8(2)11-10-7)12-17(14,15)13-3-5-16-6-4-13/h12H,3-6H2,1-2H3,(H,10,11). The normalized spacial score (nSPS) is 18.2. The summed E-state index contributed by atoms with van der Waals surface area (Å²) in [4.78, 5) is 0. The molecule has 0 radical (unpaired) electrons. The Morgan fingerprint density at radius 2 is 2.00 bits per heavy atom. The largest absolute Gasteiger partial charge is 0.379 e. The Balaban J connectivity index is 2.17. The van der Waals surface area contributed by atoms with E-state index in [-0.39, 0.29) is 0 Å².